The van der Waals surface area contributed by atoms with E-state index in [2.05, 4.69) is 9.88 Å². The summed E-state index contributed by atoms with van der Waals surface area (Å²) in [5, 5.41) is 14.7. The van der Waals surface area contributed by atoms with Crippen LogP contribution in [0.15, 0.2) is 35.7 Å². The Morgan fingerprint density at radius 2 is 2.09 bits per heavy atom. The van der Waals surface area contributed by atoms with Crippen molar-refractivity contribution in [1.82, 2.24) is 9.88 Å². The summed E-state index contributed by atoms with van der Waals surface area (Å²) in [6, 6.07) is 9.48. The third-order valence-electron chi connectivity index (χ3n) is 7.26. The zero-order valence-corrected chi connectivity index (χ0v) is 21.2. The highest BCUT2D eigenvalue weighted by Crippen LogP contribution is 2.48. The molecule has 2 aliphatic rings. The first-order valence-corrected chi connectivity index (χ1v) is 13.5. The van der Waals surface area contributed by atoms with Gasteiger partial charge in [-0.15, -0.1) is 22.9 Å². The van der Waals surface area contributed by atoms with Crippen LogP contribution in [0.4, 0.5) is 5.69 Å². The summed E-state index contributed by atoms with van der Waals surface area (Å²) in [4.78, 5) is 21.1. The Morgan fingerprint density at radius 3 is 2.89 bits per heavy atom. The summed E-state index contributed by atoms with van der Waals surface area (Å²) in [5.74, 6) is 1.32. The molecule has 0 aliphatic carbocycles. The number of hydrogen-bond acceptors (Lipinski definition) is 5. The highest BCUT2D eigenvalue weighted by molar-refractivity contribution is 7.17. The molecule has 2 aromatic heterocycles. The van der Waals surface area contributed by atoms with E-state index in [1.807, 2.05) is 36.6 Å². The molecule has 2 aromatic carbocycles. The van der Waals surface area contributed by atoms with Crippen LogP contribution < -0.4 is 9.64 Å². The first-order valence-electron chi connectivity index (χ1n) is 12.1. The summed E-state index contributed by atoms with van der Waals surface area (Å²) in [6.45, 7) is 6.44. The molecule has 0 radical (unpaired) electrons. The van der Waals surface area contributed by atoms with Gasteiger partial charge in [0.1, 0.15) is 23.8 Å². The number of alkyl halides is 1. The van der Waals surface area contributed by atoms with E-state index in [1.165, 1.54) is 24.2 Å². The lowest BCUT2D eigenvalue weighted by atomic mass is 9.97. The van der Waals surface area contributed by atoms with Crippen molar-refractivity contribution in [2.45, 2.75) is 25.7 Å². The lowest BCUT2D eigenvalue weighted by Crippen LogP contribution is -2.30. The Kier molecular flexibility index (Phi) is 5.87. The number of aromatic amines is 1. The number of halogens is 1. The number of hydrogen-bond donors (Lipinski definition) is 2. The number of aromatic nitrogens is 1. The van der Waals surface area contributed by atoms with Crippen LogP contribution in [-0.4, -0.2) is 59.6 Å². The van der Waals surface area contributed by atoms with E-state index in [1.54, 1.807) is 11.0 Å². The molecule has 8 heteroatoms. The number of nitrogens with zero attached hydrogens (tertiary/aromatic N) is 2. The second kappa shape index (κ2) is 9.04. The maximum atomic E-state index is 13.7. The molecule has 35 heavy (non-hydrogen) atoms. The number of aryl methyl sites for hydroxylation is 1. The van der Waals surface area contributed by atoms with Gasteiger partial charge in [0.25, 0.3) is 5.91 Å². The van der Waals surface area contributed by atoms with Gasteiger partial charge in [0.15, 0.2) is 0 Å². The number of rotatable bonds is 6. The maximum Gasteiger partial charge on any atom is 0.274 e. The molecule has 4 heterocycles. The molecule has 182 valence electrons. The van der Waals surface area contributed by atoms with Crippen LogP contribution in [0.2, 0.25) is 0 Å². The van der Waals surface area contributed by atoms with Gasteiger partial charge < -0.3 is 19.7 Å². The minimum Gasteiger partial charge on any atom is -0.506 e. The first kappa shape index (κ1) is 22.7. The van der Waals surface area contributed by atoms with Gasteiger partial charge in [-0.1, -0.05) is 0 Å². The average Bonchev–Trinajstić information content (AvgIpc) is 3.64. The summed E-state index contributed by atoms with van der Waals surface area (Å²) in [5.41, 5.74) is 4.31. The number of aromatic hydroxyl groups is 1. The second-order valence-corrected chi connectivity index (χ2v) is 10.7. The number of fused-ring (bicyclic) bond motifs is 4. The van der Waals surface area contributed by atoms with Gasteiger partial charge in [-0.05, 0) is 73.6 Å². The van der Waals surface area contributed by atoms with Gasteiger partial charge in [-0.2, -0.15) is 0 Å². The molecule has 1 amide bonds. The maximum absolute atomic E-state index is 13.7. The van der Waals surface area contributed by atoms with E-state index in [9.17, 15) is 9.90 Å². The predicted octanol–water partition coefficient (Wildman–Crippen LogP) is 5.85. The van der Waals surface area contributed by atoms with E-state index >= 15 is 0 Å². The number of carbonyl (C=O) groups excluding carboxylic acids is 1. The highest BCUT2D eigenvalue weighted by Gasteiger charge is 2.36. The largest absolute Gasteiger partial charge is 0.506 e. The van der Waals surface area contributed by atoms with E-state index in [4.69, 9.17) is 16.3 Å². The number of nitrogens with one attached hydrogen (secondary N) is 1. The number of anilines is 1. The fraction of sp³-hybridized carbons (Fsp3) is 0.370. The Labute approximate surface area is 213 Å². The SMILES string of the molecule is Cc1csc2c(O)cc3c(c12)[C@H](CCl)CN3C(=O)c1cc2cc(OCCN3CCCC3)ccc2[nH]1. The number of thiophene rings is 1. The monoisotopic (exact) mass is 509 g/mol. The van der Waals surface area contributed by atoms with Crippen molar-refractivity contribution in [3.05, 3.63) is 52.5 Å². The normalized spacial score (nSPS) is 18.1. The molecule has 6 nitrogen and oxygen atoms in total. The van der Waals surface area contributed by atoms with E-state index in [-0.39, 0.29) is 17.6 Å². The van der Waals surface area contributed by atoms with Crippen LogP contribution in [0.3, 0.4) is 0 Å². The average molecular weight is 510 g/mol. The van der Waals surface area contributed by atoms with Crippen LogP contribution in [0.1, 0.15) is 40.4 Å². The van der Waals surface area contributed by atoms with Crippen LogP contribution in [-0.2, 0) is 0 Å². The Hall–Kier alpha value is -2.74. The number of phenolic OH excluding ortho intramolecular Hbond substituents is 1. The molecular weight excluding hydrogens is 482 g/mol. The van der Waals surface area contributed by atoms with Crippen molar-refractivity contribution in [2.24, 2.45) is 0 Å². The molecule has 2 aliphatic heterocycles. The lowest BCUT2D eigenvalue weighted by Gasteiger charge is -2.17. The number of ether oxygens (including phenoxy) is 1. The molecule has 0 saturated carbocycles. The van der Waals surface area contributed by atoms with Crippen molar-refractivity contribution in [2.75, 3.05) is 43.6 Å². The summed E-state index contributed by atoms with van der Waals surface area (Å²) in [6.07, 6.45) is 2.55. The van der Waals surface area contributed by atoms with Crippen LogP contribution in [0.5, 0.6) is 11.5 Å². The molecule has 0 bridgehead atoms. The van der Waals surface area contributed by atoms with Crippen LogP contribution in [0.25, 0.3) is 21.0 Å². The molecule has 0 unspecified atom stereocenters. The van der Waals surface area contributed by atoms with Crippen molar-refractivity contribution in [3.63, 3.8) is 0 Å². The van der Waals surface area contributed by atoms with Gasteiger partial charge in [0.05, 0.1) is 10.4 Å². The molecule has 2 N–H and O–H groups in total. The summed E-state index contributed by atoms with van der Waals surface area (Å²) in [7, 11) is 0. The van der Waals surface area contributed by atoms with E-state index in [0.29, 0.717) is 24.7 Å². The van der Waals surface area contributed by atoms with Gasteiger partial charge in [0.2, 0.25) is 0 Å². The zero-order chi connectivity index (χ0) is 24.1. The molecule has 0 spiro atoms. The van der Waals surface area contributed by atoms with Crippen molar-refractivity contribution in [3.8, 4) is 11.5 Å². The highest BCUT2D eigenvalue weighted by atomic mass is 35.5. The van der Waals surface area contributed by atoms with E-state index in [0.717, 1.165) is 63.2 Å². The van der Waals surface area contributed by atoms with Crippen LogP contribution >= 0.6 is 22.9 Å². The molecule has 1 fully saturated rings. The zero-order valence-electron chi connectivity index (χ0n) is 19.6. The lowest BCUT2D eigenvalue weighted by molar-refractivity contribution is 0.0984. The topological polar surface area (TPSA) is 68.8 Å². The third-order valence-corrected chi connectivity index (χ3v) is 8.75. The molecule has 1 atom stereocenters. The molecule has 6 rings (SSSR count). The summed E-state index contributed by atoms with van der Waals surface area (Å²) >= 11 is 7.88. The van der Waals surface area contributed by atoms with Crippen LogP contribution in [0, 0.1) is 6.92 Å². The van der Waals surface area contributed by atoms with Gasteiger partial charge in [-0.25, -0.2) is 0 Å². The fourth-order valence-electron chi connectivity index (χ4n) is 5.49. The molecule has 1 saturated heterocycles. The fourth-order valence-corrected chi connectivity index (χ4v) is 6.73. The smallest absolute Gasteiger partial charge is 0.274 e. The second-order valence-electron chi connectivity index (χ2n) is 9.55. The van der Waals surface area contributed by atoms with Gasteiger partial charge in [0, 0.05) is 47.2 Å². The summed E-state index contributed by atoms with van der Waals surface area (Å²) < 4.78 is 6.84. The quantitative estimate of drug-likeness (QED) is 0.320. The Morgan fingerprint density at radius 1 is 1.26 bits per heavy atom. The standard InChI is InChI=1S/C27H28ClN3O3S/c1-16-15-35-26-23(32)12-22-25(24(16)26)18(13-28)14-31(22)27(33)21-11-17-10-19(4-5-20(17)29-21)34-9-8-30-6-2-3-7-30/h4-5,10-12,15,18,29,32H,2-3,6-9,13-14H2,1H3/t18-/m1/s1. The van der Waals surface area contributed by atoms with Gasteiger partial charge in [-0.3, -0.25) is 9.69 Å². The van der Waals surface area contributed by atoms with Crippen molar-refractivity contribution < 1.29 is 14.6 Å². The Bertz CT molecular complexity index is 1420. The third kappa shape index (κ3) is 3.96. The first-order chi connectivity index (χ1) is 17.0. The number of amides is 1. The number of carbonyl (C=O) groups is 1. The number of H-pyrrole nitrogens is 1. The number of benzene rings is 2. The number of likely N-dealkylation sites (tertiary alicyclic amines) is 1. The minimum atomic E-state index is -0.127. The minimum absolute atomic E-state index is 0.0204. The number of phenols is 1. The van der Waals surface area contributed by atoms with Crippen molar-refractivity contribution >= 4 is 55.5 Å². The Balaban J connectivity index is 1.27. The van der Waals surface area contributed by atoms with E-state index < -0.39 is 0 Å². The molecular formula is C27H28ClN3O3S. The van der Waals surface area contributed by atoms with Crippen molar-refractivity contribution in [1.29, 1.82) is 0 Å². The molecule has 4 aromatic rings. The predicted molar refractivity (Wildman–Crippen MR) is 143 cm³/mol. The van der Waals surface area contributed by atoms with Gasteiger partial charge >= 0.3 is 0 Å².